The molecule has 0 unspecified atom stereocenters. The van der Waals surface area contributed by atoms with E-state index in [2.05, 4.69) is 9.51 Å². The molecule has 4 N–H and O–H groups in total. The van der Waals surface area contributed by atoms with Crippen LogP contribution in [0.5, 0.6) is 0 Å². The highest BCUT2D eigenvalue weighted by molar-refractivity contribution is 8.00. The van der Waals surface area contributed by atoms with E-state index < -0.39 is 30.3 Å². The molecule has 0 aliphatic carbocycles. The molecule has 2 rings (SSSR count). The van der Waals surface area contributed by atoms with Crippen LogP contribution >= 0.6 is 19.6 Å². The molecule has 3 atom stereocenters. The molecule has 2 heterocycles. The number of nitrogen functional groups attached to an aromatic ring is 1. The molecule has 1 fully saturated rings. The van der Waals surface area contributed by atoms with Gasteiger partial charge in [0.05, 0.1) is 6.61 Å². The van der Waals surface area contributed by atoms with E-state index in [1.54, 1.807) is 0 Å². The van der Waals surface area contributed by atoms with Crippen molar-refractivity contribution in [1.82, 2.24) is 9.55 Å². The number of rotatable bonds is 4. The van der Waals surface area contributed by atoms with Crippen LogP contribution in [0.15, 0.2) is 17.1 Å². The summed E-state index contributed by atoms with van der Waals surface area (Å²) in [6.45, 7) is -0.289. The van der Waals surface area contributed by atoms with Crippen LogP contribution in [0, 0.1) is 0 Å². The van der Waals surface area contributed by atoms with Gasteiger partial charge in [-0.3, -0.25) is 9.09 Å². The summed E-state index contributed by atoms with van der Waals surface area (Å²) in [6, 6.07) is 1.38. The average Bonchev–Trinajstić information content (AvgIpc) is 2.67. The monoisotopic (exact) mass is 325 g/mol. The standard InChI is InChI=1S/C9H13FN3O5PS/c10-6-3-5(4-18-19(15,16)17)20-8(6)13-2-1-7(11)12-9(13)14/h1-2,5-6,8H,3-4H2,(H2,11,12,14)(H2,15,16,17)/t5-,6-,8+/m0/s1. The van der Waals surface area contributed by atoms with Crippen LogP contribution in [0.1, 0.15) is 11.8 Å². The summed E-state index contributed by atoms with van der Waals surface area (Å²) < 4.78 is 30.0. The van der Waals surface area contributed by atoms with Crippen LogP contribution in [0.4, 0.5) is 10.2 Å². The lowest BCUT2D eigenvalue weighted by atomic mass is 10.2. The number of halogens is 1. The summed E-state index contributed by atoms with van der Waals surface area (Å²) in [7, 11) is -4.58. The minimum Gasteiger partial charge on any atom is -0.383 e. The van der Waals surface area contributed by atoms with Gasteiger partial charge in [-0.25, -0.2) is 13.8 Å². The zero-order valence-electron chi connectivity index (χ0n) is 10.1. The van der Waals surface area contributed by atoms with Crippen LogP contribution in [0.3, 0.4) is 0 Å². The first-order chi connectivity index (χ1) is 9.26. The smallest absolute Gasteiger partial charge is 0.383 e. The molecular weight excluding hydrogens is 312 g/mol. The van der Waals surface area contributed by atoms with Crippen LogP contribution in [0.25, 0.3) is 0 Å². The first kappa shape index (κ1) is 15.5. The maximum Gasteiger partial charge on any atom is 0.469 e. The third-order valence-corrected chi connectivity index (χ3v) is 4.68. The van der Waals surface area contributed by atoms with E-state index in [-0.39, 0.29) is 18.8 Å². The number of phosphoric ester groups is 1. The summed E-state index contributed by atoms with van der Waals surface area (Å²) in [5.74, 6) is 0.0473. The number of aromatic nitrogens is 2. The molecule has 112 valence electrons. The second kappa shape index (κ2) is 5.82. The summed E-state index contributed by atoms with van der Waals surface area (Å²) in [6.07, 6.45) is 0.0429. The Morgan fingerprint density at radius 2 is 2.35 bits per heavy atom. The fourth-order valence-corrected chi connectivity index (χ4v) is 3.74. The largest absolute Gasteiger partial charge is 0.469 e. The van der Waals surface area contributed by atoms with Gasteiger partial charge in [0.25, 0.3) is 0 Å². The Morgan fingerprint density at radius 1 is 1.65 bits per heavy atom. The maximum absolute atomic E-state index is 13.9. The van der Waals surface area contributed by atoms with Crippen LogP contribution in [-0.2, 0) is 9.09 Å². The van der Waals surface area contributed by atoms with Crippen LogP contribution in [0.2, 0.25) is 0 Å². The maximum atomic E-state index is 13.9. The van der Waals surface area contributed by atoms with Crippen molar-refractivity contribution in [3.8, 4) is 0 Å². The van der Waals surface area contributed by atoms with Crippen molar-refractivity contribution in [2.24, 2.45) is 0 Å². The van der Waals surface area contributed by atoms with Crippen molar-refractivity contribution >= 4 is 25.4 Å². The highest BCUT2D eigenvalue weighted by atomic mass is 32.2. The highest BCUT2D eigenvalue weighted by Crippen LogP contribution is 2.45. The SMILES string of the molecule is Nc1ccn([C@@H]2S[C@H](COP(=O)(O)O)C[C@@H]2F)c(=O)n1. The first-order valence-corrected chi connectivity index (χ1v) is 8.08. The molecule has 0 radical (unpaired) electrons. The molecular formula is C9H13FN3O5PS. The summed E-state index contributed by atoms with van der Waals surface area (Å²) in [5, 5.41) is -1.26. The predicted molar refractivity (Wildman–Crippen MR) is 70.8 cm³/mol. The van der Waals surface area contributed by atoms with E-state index in [1.165, 1.54) is 12.3 Å². The number of nitrogens with two attached hydrogens (primary N) is 1. The lowest BCUT2D eigenvalue weighted by Gasteiger charge is -2.15. The molecule has 1 aromatic rings. The van der Waals surface area contributed by atoms with Gasteiger partial charge < -0.3 is 15.5 Å². The molecule has 1 saturated heterocycles. The van der Waals surface area contributed by atoms with E-state index in [4.69, 9.17) is 15.5 Å². The van der Waals surface area contributed by atoms with Gasteiger partial charge in [-0.2, -0.15) is 4.98 Å². The second-order valence-corrected chi connectivity index (χ2v) is 6.89. The van der Waals surface area contributed by atoms with E-state index in [9.17, 15) is 13.8 Å². The van der Waals surface area contributed by atoms with Crippen molar-refractivity contribution < 1.29 is 23.3 Å². The van der Waals surface area contributed by atoms with Crippen LogP contribution in [-0.4, -0.2) is 37.4 Å². The van der Waals surface area contributed by atoms with E-state index in [0.29, 0.717) is 0 Å². The van der Waals surface area contributed by atoms with Gasteiger partial charge in [-0.15, -0.1) is 11.8 Å². The van der Waals surface area contributed by atoms with Crippen molar-refractivity contribution in [3.63, 3.8) is 0 Å². The number of alkyl halides is 1. The lowest BCUT2D eigenvalue weighted by molar-refractivity contribution is 0.190. The minimum absolute atomic E-state index is 0.0339. The third kappa shape index (κ3) is 3.80. The highest BCUT2D eigenvalue weighted by Gasteiger charge is 2.38. The minimum atomic E-state index is -4.58. The molecule has 0 aromatic carbocycles. The summed E-state index contributed by atoms with van der Waals surface area (Å²) in [5.41, 5.74) is 4.69. The van der Waals surface area contributed by atoms with Crippen molar-refractivity contribution in [2.45, 2.75) is 23.2 Å². The summed E-state index contributed by atoms with van der Waals surface area (Å²) in [4.78, 5) is 32.4. The number of hydrogen-bond donors (Lipinski definition) is 3. The van der Waals surface area contributed by atoms with Gasteiger partial charge in [0.2, 0.25) is 0 Å². The van der Waals surface area contributed by atoms with Gasteiger partial charge in [0.1, 0.15) is 17.4 Å². The molecule has 1 aliphatic heterocycles. The number of phosphoric acid groups is 1. The molecule has 11 heteroatoms. The molecule has 1 aromatic heterocycles. The Morgan fingerprint density at radius 3 is 2.95 bits per heavy atom. The Hall–Kier alpha value is -0.930. The zero-order valence-corrected chi connectivity index (χ0v) is 11.8. The Kier molecular flexibility index (Phi) is 4.50. The number of hydrogen-bond acceptors (Lipinski definition) is 6. The fraction of sp³-hybridized carbons (Fsp3) is 0.556. The lowest BCUT2D eigenvalue weighted by Crippen LogP contribution is -2.28. The Balaban J connectivity index is 2.07. The van der Waals surface area contributed by atoms with Gasteiger partial charge in [0, 0.05) is 11.4 Å². The topological polar surface area (TPSA) is 128 Å². The van der Waals surface area contributed by atoms with Crippen molar-refractivity contribution in [1.29, 1.82) is 0 Å². The molecule has 0 bridgehead atoms. The van der Waals surface area contributed by atoms with Crippen molar-refractivity contribution in [2.75, 3.05) is 12.3 Å². The molecule has 20 heavy (non-hydrogen) atoms. The molecule has 0 amide bonds. The van der Waals surface area contributed by atoms with E-state index in [0.717, 1.165) is 16.3 Å². The van der Waals surface area contributed by atoms with E-state index in [1.807, 2.05) is 0 Å². The third-order valence-electron chi connectivity index (χ3n) is 2.68. The van der Waals surface area contributed by atoms with Gasteiger partial charge in [0.15, 0.2) is 0 Å². The second-order valence-electron chi connectivity index (χ2n) is 4.23. The zero-order chi connectivity index (χ0) is 14.9. The fourth-order valence-electron chi connectivity index (χ4n) is 1.85. The predicted octanol–water partition coefficient (Wildman–Crippen LogP) is 0.277. The molecule has 0 saturated carbocycles. The normalized spacial score (nSPS) is 26.9. The first-order valence-electron chi connectivity index (χ1n) is 5.60. The van der Waals surface area contributed by atoms with Gasteiger partial charge >= 0.3 is 13.5 Å². The number of thioether (sulfide) groups is 1. The molecule has 1 aliphatic rings. The quantitative estimate of drug-likeness (QED) is 0.673. The van der Waals surface area contributed by atoms with Crippen molar-refractivity contribution in [3.05, 3.63) is 22.7 Å². The summed E-state index contributed by atoms with van der Waals surface area (Å²) >= 11 is 1.07. The van der Waals surface area contributed by atoms with Gasteiger partial charge in [-0.1, -0.05) is 0 Å². The Labute approximate surface area is 117 Å². The number of anilines is 1. The van der Waals surface area contributed by atoms with E-state index >= 15 is 0 Å². The average molecular weight is 325 g/mol. The van der Waals surface area contributed by atoms with Gasteiger partial charge in [-0.05, 0) is 12.5 Å². The number of nitrogens with zero attached hydrogens (tertiary/aromatic N) is 2. The molecule has 0 spiro atoms. The molecule has 8 nitrogen and oxygen atoms in total. The van der Waals surface area contributed by atoms with Crippen LogP contribution < -0.4 is 11.4 Å². The Bertz CT molecular complexity index is 593.